The van der Waals surface area contributed by atoms with Crippen molar-refractivity contribution in [2.24, 2.45) is 4.99 Å². The highest BCUT2D eigenvalue weighted by Gasteiger charge is 2.04. The Kier molecular flexibility index (Phi) is 6.03. The molecule has 3 aromatic carbocycles. The average Bonchev–Trinajstić information content (AvgIpc) is 2.65. The number of rotatable bonds is 5. The number of allylic oxidation sites excluding steroid dienone is 1. The van der Waals surface area contributed by atoms with Crippen LogP contribution in [0.15, 0.2) is 94.2 Å². The third kappa shape index (κ3) is 4.93. The molecule has 0 aromatic heterocycles. The summed E-state index contributed by atoms with van der Waals surface area (Å²) in [5.74, 6) is -0.222. The first-order valence-electron chi connectivity index (χ1n) is 8.42. The van der Waals surface area contributed by atoms with E-state index in [-0.39, 0.29) is 5.82 Å². The fraction of sp³-hybridized carbons (Fsp3) is 0.0870. The van der Waals surface area contributed by atoms with Crippen LogP contribution in [0.5, 0.6) is 0 Å². The molecule has 1 nitrogen and oxygen atoms in total. The molecular formula is C23H20FNS. The maximum atomic E-state index is 13.0. The summed E-state index contributed by atoms with van der Waals surface area (Å²) in [5.41, 5.74) is 5.31. The molecule has 0 aliphatic carbocycles. The SMILES string of the molecule is Cc1ccc(N=C(C=CSc2ccc(F)cc2)c2ccccc2C)cc1. The fourth-order valence-electron chi connectivity index (χ4n) is 2.50. The number of hydrogen-bond acceptors (Lipinski definition) is 2. The number of hydrogen-bond donors (Lipinski definition) is 0. The van der Waals surface area contributed by atoms with Crippen LogP contribution < -0.4 is 0 Å². The van der Waals surface area contributed by atoms with E-state index in [1.165, 1.54) is 23.3 Å². The van der Waals surface area contributed by atoms with Gasteiger partial charge in [-0.05, 0) is 67.3 Å². The molecule has 0 saturated heterocycles. The molecule has 0 spiro atoms. The van der Waals surface area contributed by atoms with Crippen molar-refractivity contribution < 1.29 is 4.39 Å². The molecule has 0 fully saturated rings. The first-order valence-corrected chi connectivity index (χ1v) is 9.30. The molecule has 0 atom stereocenters. The smallest absolute Gasteiger partial charge is 0.123 e. The first-order chi connectivity index (χ1) is 12.6. The van der Waals surface area contributed by atoms with Crippen molar-refractivity contribution in [3.05, 3.63) is 107 Å². The number of aliphatic imine (C=N–C) groups is 1. The molecule has 130 valence electrons. The van der Waals surface area contributed by atoms with Crippen molar-refractivity contribution in [3.63, 3.8) is 0 Å². The maximum Gasteiger partial charge on any atom is 0.123 e. The van der Waals surface area contributed by atoms with Gasteiger partial charge in [0.15, 0.2) is 0 Å². The highest BCUT2D eigenvalue weighted by atomic mass is 32.2. The van der Waals surface area contributed by atoms with Crippen molar-refractivity contribution in [2.45, 2.75) is 18.7 Å². The van der Waals surface area contributed by atoms with Gasteiger partial charge in [-0.2, -0.15) is 0 Å². The van der Waals surface area contributed by atoms with Crippen LogP contribution in [0, 0.1) is 19.7 Å². The largest absolute Gasteiger partial charge is 0.248 e. The van der Waals surface area contributed by atoms with Gasteiger partial charge in [0.2, 0.25) is 0 Å². The summed E-state index contributed by atoms with van der Waals surface area (Å²) in [6, 6.07) is 22.9. The van der Waals surface area contributed by atoms with Crippen molar-refractivity contribution in [1.82, 2.24) is 0 Å². The summed E-state index contributed by atoms with van der Waals surface area (Å²) >= 11 is 1.54. The van der Waals surface area contributed by atoms with Gasteiger partial charge in [0.25, 0.3) is 0 Å². The minimum atomic E-state index is -0.222. The summed E-state index contributed by atoms with van der Waals surface area (Å²) < 4.78 is 13.0. The molecule has 0 aliphatic heterocycles. The van der Waals surface area contributed by atoms with E-state index in [1.807, 2.05) is 35.7 Å². The van der Waals surface area contributed by atoms with Gasteiger partial charge in [0.05, 0.1) is 11.4 Å². The highest BCUT2D eigenvalue weighted by molar-refractivity contribution is 8.02. The number of halogens is 1. The second kappa shape index (κ2) is 8.63. The maximum absolute atomic E-state index is 13.0. The zero-order valence-electron chi connectivity index (χ0n) is 14.8. The van der Waals surface area contributed by atoms with E-state index >= 15 is 0 Å². The van der Waals surface area contributed by atoms with Gasteiger partial charge in [-0.1, -0.05) is 53.7 Å². The number of aryl methyl sites for hydroxylation is 2. The first kappa shape index (κ1) is 18.2. The molecule has 0 unspecified atom stereocenters. The molecule has 0 heterocycles. The summed E-state index contributed by atoms with van der Waals surface area (Å²) in [7, 11) is 0. The minimum Gasteiger partial charge on any atom is -0.248 e. The van der Waals surface area contributed by atoms with Crippen molar-refractivity contribution in [3.8, 4) is 0 Å². The topological polar surface area (TPSA) is 12.4 Å². The molecule has 0 N–H and O–H groups in total. The van der Waals surface area contributed by atoms with Gasteiger partial charge in [-0.15, -0.1) is 0 Å². The van der Waals surface area contributed by atoms with Crippen molar-refractivity contribution >= 4 is 23.2 Å². The molecular weight excluding hydrogens is 341 g/mol. The Labute approximate surface area is 158 Å². The molecule has 0 aliphatic rings. The second-order valence-electron chi connectivity index (χ2n) is 6.02. The zero-order chi connectivity index (χ0) is 18.4. The number of thioether (sulfide) groups is 1. The Morgan fingerprint density at radius 2 is 1.58 bits per heavy atom. The summed E-state index contributed by atoms with van der Waals surface area (Å²) in [5, 5.41) is 1.99. The molecule has 3 heteroatoms. The molecule has 0 bridgehead atoms. The lowest BCUT2D eigenvalue weighted by molar-refractivity contribution is 0.626. The van der Waals surface area contributed by atoms with Gasteiger partial charge < -0.3 is 0 Å². The molecule has 3 aromatic rings. The zero-order valence-corrected chi connectivity index (χ0v) is 15.6. The quantitative estimate of drug-likeness (QED) is 0.357. The molecule has 0 radical (unpaired) electrons. The van der Waals surface area contributed by atoms with Gasteiger partial charge in [-0.25, -0.2) is 9.38 Å². The van der Waals surface area contributed by atoms with Crippen LogP contribution in [0.3, 0.4) is 0 Å². The minimum absolute atomic E-state index is 0.222. The third-order valence-electron chi connectivity index (χ3n) is 3.95. The van der Waals surface area contributed by atoms with E-state index in [9.17, 15) is 4.39 Å². The molecule has 0 saturated carbocycles. The van der Waals surface area contributed by atoms with Crippen molar-refractivity contribution in [1.29, 1.82) is 0 Å². The molecule has 3 rings (SSSR count). The van der Waals surface area contributed by atoms with Crippen LogP contribution in [0.1, 0.15) is 16.7 Å². The van der Waals surface area contributed by atoms with Gasteiger partial charge in [-0.3, -0.25) is 0 Å². The number of benzene rings is 3. The lowest BCUT2D eigenvalue weighted by Gasteiger charge is -2.07. The predicted molar refractivity (Wildman–Crippen MR) is 110 cm³/mol. The lowest BCUT2D eigenvalue weighted by Crippen LogP contribution is -1.99. The van der Waals surface area contributed by atoms with Gasteiger partial charge >= 0.3 is 0 Å². The van der Waals surface area contributed by atoms with E-state index in [0.29, 0.717) is 0 Å². The Hall–Kier alpha value is -2.65. The Morgan fingerprint density at radius 3 is 2.27 bits per heavy atom. The van der Waals surface area contributed by atoms with E-state index in [2.05, 4.69) is 38.1 Å². The standard InChI is InChI=1S/C23H20FNS/c1-17-7-11-20(12-8-17)25-23(22-6-4-3-5-18(22)2)15-16-26-21-13-9-19(24)10-14-21/h3-16H,1-2H3. The summed E-state index contributed by atoms with van der Waals surface area (Å²) in [6.45, 7) is 4.15. The summed E-state index contributed by atoms with van der Waals surface area (Å²) in [6.07, 6.45) is 2.01. The van der Waals surface area contributed by atoms with Crippen LogP contribution >= 0.6 is 11.8 Å². The van der Waals surface area contributed by atoms with Crippen LogP contribution in [0.25, 0.3) is 0 Å². The predicted octanol–water partition coefficient (Wildman–Crippen LogP) is 6.87. The van der Waals surface area contributed by atoms with Crippen LogP contribution in [-0.4, -0.2) is 5.71 Å². The van der Waals surface area contributed by atoms with E-state index < -0.39 is 0 Å². The number of nitrogens with zero attached hydrogens (tertiary/aromatic N) is 1. The Bertz CT molecular complexity index is 925. The molecule has 26 heavy (non-hydrogen) atoms. The van der Waals surface area contributed by atoms with E-state index in [1.54, 1.807) is 23.9 Å². The van der Waals surface area contributed by atoms with Crippen LogP contribution in [0.2, 0.25) is 0 Å². The second-order valence-corrected chi connectivity index (χ2v) is 7.00. The average molecular weight is 361 g/mol. The van der Waals surface area contributed by atoms with Gasteiger partial charge in [0, 0.05) is 10.5 Å². The van der Waals surface area contributed by atoms with Crippen LogP contribution in [0.4, 0.5) is 10.1 Å². The van der Waals surface area contributed by atoms with Crippen molar-refractivity contribution in [2.75, 3.05) is 0 Å². The highest BCUT2D eigenvalue weighted by Crippen LogP contribution is 2.22. The lowest BCUT2D eigenvalue weighted by atomic mass is 10.0. The Morgan fingerprint density at radius 1 is 0.885 bits per heavy atom. The summed E-state index contributed by atoms with van der Waals surface area (Å²) in [4.78, 5) is 5.82. The van der Waals surface area contributed by atoms with E-state index in [0.717, 1.165) is 21.9 Å². The van der Waals surface area contributed by atoms with E-state index in [4.69, 9.17) is 4.99 Å². The normalized spacial score (nSPS) is 11.9. The van der Waals surface area contributed by atoms with Gasteiger partial charge in [0.1, 0.15) is 5.82 Å². The monoisotopic (exact) mass is 361 g/mol. The molecule has 0 amide bonds. The Balaban J connectivity index is 1.90. The van der Waals surface area contributed by atoms with Crippen LogP contribution in [-0.2, 0) is 0 Å². The fourth-order valence-corrected chi connectivity index (χ4v) is 3.14. The third-order valence-corrected chi connectivity index (χ3v) is 4.76.